The van der Waals surface area contributed by atoms with Crippen molar-refractivity contribution in [2.75, 3.05) is 7.11 Å². The van der Waals surface area contributed by atoms with Gasteiger partial charge in [-0.2, -0.15) is 0 Å². The molecule has 0 spiro atoms. The molecular formula is C19H19N3O3. The largest absolute Gasteiger partial charge is 0.504 e. The molecule has 0 atom stereocenters. The summed E-state index contributed by atoms with van der Waals surface area (Å²) in [5, 5.41) is 9.84. The van der Waals surface area contributed by atoms with Crippen LogP contribution in [0.4, 0.5) is 5.69 Å². The Kier molecular flexibility index (Phi) is 4.43. The third kappa shape index (κ3) is 3.06. The van der Waals surface area contributed by atoms with E-state index in [0.717, 1.165) is 11.4 Å². The number of hydrogen-bond acceptors (Lipinski definition) is 4. The third-order valence-electron chi connectivity index (χ3n) is 4.07. The quantitative estimate of drug-likeness (QED) is 0.744. The van der Waals surface area contributed by atoms with Gasteiger partial charge in [0.1, 0.15) is 0 Å². The van der Waals surface area contributed by atoms with E-state index >= 15 is 0 Å². The highest BCUT2D eigenvalue weighted by atomic mass is 16.5. The van der Waals surface area contributed by atoms with Crippen LogP contribution in [0.2, 0.25) is 0 Å². The van der Waals surface area contributed by atoms with Gasteiger partial charge >= 0.3 is 0 Å². The third-order valence-corrected chi connectivity index (χ3v) is 4.07. The molecule has 0 fully saturated rings. The van der Waals surface area contributed by atoms with Gasteiger partial charge in [-0.15, -0.1) is 0 Å². The van der Waals surface area contributed by atoms with Crippen LogP contribution >= 0.6 is 0 Å². The van der Waals surface area contributed by atoms with Gasteiger partial charge in [0.15, 0.2) is 17.2 Å². The first-order valence-corrected chi connectivity index (χ1v) is 7.78. The Morgan fingerprint density at radius 3 is 2.52 bits per heavy atom. The highest BCUT2D eigenvalue weighted by molar-refractivity contribution is 5.83. The predicted molar refractivity (Wildman–Crippen MR) is 97.7 cm³/mol. The Balaban J connectivity index is 2.02. The Labute approximate surface area is 145 Å². The standard InChI is InChI=1S/C19H19N3O3/c1-13-18(20-12-14-9-10-17(25-3)16(23)11-14)19(24)22(21(13)2)15-7-5-4-6-8-15/h4-12,23H,1-3H3. The molecule has 0 radical (unpaired) electrons. The lowest BCUT2D eigenvalue weighted by Gasteiger charge is -2.07. The fourth-order valence-electron chi connectivity index (χ4n) is 2.63. The monoisotopic (exact) mass is 337 g/mol. The average molecular weight is 337 g/mol. The van der Waals surface area contributed by atoms with Gasteiger partial charge in [0, 0.05) is 13.3 Å². The minimum atomic E-state index is -0.194. The van der Waals surface area contributed by atoms with E-state index in [2.05, 4.69) is 4.99 Å². The fourth-order valence-corrected chi connectivity index (χ4v) is 2.63. The summed E-state index contributed by atoms with van der Waals surface area (Å²) < 4.78 is 8.37. The second-order valence-electron chi connectivity index (χ2n) is 5.60. The summed E-state index contributed by atoms with van der Waals surface area (Å²) >= 11 is 0. The van der Waals surface area contributed by atoms with Crippen LogP contribution < -0.4 is 10.3 Å². The number of methoxy groups -OCH3 is 1. The molecule has 1 aromatic heterocycles. The first-order chi connectivity index (χ1) is 12.0. The van der Waals surface area contributed by atoms with Gasteiger partial charge in [-0.25, -0.2) is 9.67 Å². The second kappa shape index (κ2) is 6.68. The molecule has 1 heterocycles. The van der Waals surface area contributed by atoms with E-state index in [1.807, 2.05) is 44.3 Å². The summed E-state index contributed by atoms with van der Waals surface area (Å²) in [5.74, 6) is 0.414. The first-order valence-electron chi connectivity index (χ1n) is 7.78. The molecule has 1 N–H and O–H groups in total. The molecule has 128 valence electrons. The van der Waals surface area contributed by atoms with Crippen molar-refractivity contribution in [1.82, 2.24) is 9.36 Å². The van der Waals surface area contributed by atoms with Crippen LogP contribution in [0.15, 0.2) is 58.3 Å². The molecule has 6 heteroatoms. The molecule has 25 heavy (non-hydrogen) atoms. The van der Waals surface area contributed by atoms with E-state index in [4.69, 9.17) is 4.74 Å². The van der Waals surface area contributed by atoms with Crippen LogP contribution in [0.25, 0.3) is 5.69 Å². The topological polar surface area (TPSA) is 68.8 Å². The molecule has 3 rings (SSSR count). The molecule has 0 amide bonds. The average Bonchev–Trinajstić information content (AvgIpc) is 2.83. The second-order valence-corrected chi connectivity index (χ2v) is 5.60. The Hall–Kier alpha value is -3.28. The maximum Gasteiger partial charge on any atom is 0.297 e. The van der Waals surface area contributed by atoms with Crippen molar-refractivity contribution < 1.29 is 9.84 Å². The zero-order valence-electron chi connectivity index (χ0n) is 14.3. The van der Waals surface area contributed by atoms with E-state index in [1.54, 1.807) is 27.7 Å². The molecule has 0 saturated heterocycles. The fraction of sp³-hybridized carbons (Fsp3) is 0.158. The van der Waals surface area contributed by atoms with E-state index in [0.29, 0.717) is 17.0 Å². The highest BCUT2D eigenvalue weighted by Crippen LogP contribution is 2.26. The lowest BCUT2D eigenvalue weighted by molar-refractivity contribution is 0.373. The molecule has 0 unspecified atom stereocenters. The molecule has 0 bridgehead atoms. The number of benzene rings is 2. The normalized spacial score (nSPS) is 11.2. The summed E-state index contributed by atoms with van der Waals surface area (Å²) in [7, 11) is 3.31. The number of aromatic hydroxyl groups is 1. The molecule has 0 aliphatic rings. The zero-order chi connectivity index (χ0) is 18.0. The van der Waals surface area contributed by atoms with E-state index < -0.39 is 0 Å². The van der Waals surface area contributed by atoms with Crippen LogP contribution in [0.5, 0.6) is 11.5 Å². The minimum absolute atomic E-state index is 0.0259. The molecule has 0 aliphatic carbocycles. The summed E-state index contributed by atoms with van der Waals surface area (Å²) in [6.07, 6.45) is 1.55. The number of phenols is 1. The van der Waals surface area contributed by atoms with Crippen LogP contribution in [0.3, 0.4) is 0 Å². The Morgan fingerprint density at radius 2 is 1.88 bits per heavy atom. The molecule has 2 aromatic carbocycles. The van der Waals surface area contributed by atoms with Crippen LogP contribution in [-0.2, 0) is 7.05 Å². The van der Waals surface area contributed by atoms with Crippen molar-refractivity contribution in [3.8, 4) is 17.2 Å². The van der Waals surface area contributed by atoms with Gasteiger partial charge in [-0.3, -0.25) is 9.48 Å². The number of aliphatic imine (C=N–C) groups is 1. The number of rotatable bonds is 4. The summed E-state index contributed by atoms with van der Waals surface area (Å²) in [6.45, 7) is 1.85. The molecule has 6 nitrogen and oxygen atoms in total. The summed E-state index contributed by atoms with van der Waals surface area (Å²) in [6, 6.07) is 14.4. The molecule has 0 saturated carbocycles. The lowest BCUT2D eigenvalue weighted by atomic mass is 10.2. The molecule has 0 aliphatic heterocycles. The Bertz CT molecular complexity index is 985. The number of hydrogen-bond donors (Lipinski definition) is 1. The van der Waals surface area contributed by atoms with Gasteiger partial charge < -0.3 is 9.84 Å². The smallest absolute Gasteiger partial charge is 0.297 e. The summed E-state index contributed by atoms with van der Waals surface area (Å²) in [4.78, 5) is 17.1. The predicted octanol–water partition coefficient (Wildman–Crippen LogP) is 2.95. The van der Waals surface area contributed by atoms with Crippen LogP contribution in [-0.4, -0.2) is 27.8 Å². The molecule has 3 aromatic rings. The van der Waals surface area contributed by atoms with E-state index in [9.17, 15) is 9.90 Å². The van der Waals surface area contributed by atoms with Gasteiger partial charge in [-0.1, -0.05) is 18.2 Å². The van der Waals surface area contributed by atoms with E-state index in [1.165, 1.54) is 13.2 Å². The first kappa shape index (κ1) is 16.6. The van der Waals surface area contributed by atoms with Gasteiger partial charge in [-0.05, 0) is 42.8 Å². The van der Waals surface area contributed by atoms with Crippen LogP contribution in [0.1, 0.15) is 11.3 Å². The maximum atomic E-state index is 12.8. The van der Waals surface area contributed by atoms with Crippen LogP contribution in [0, 0.1) is 6.92 Å². The van der Waals surface area contributed by atoms with Crippen molar-refractivity contribution >= 4 is 11.9 Å². The van der Waals surface area contributed by atoms with Crippen molar-refractivity contribution in [3.05, 3.63) is 70.1 Å². The maximum absolute atomic E-state index is 12.8. The number of para-hydroxylation sites is 1. The number of nitrogens with zero attached hydrogens (tertiary/aromatic N) is 3. The van der Waals surface area contributed by atoms with Gasteiger partial charge in [0.25, 0.3) is 5.56 Å². The number of ether oxygens (including phenoxy) is 1. The van der Waals surface area contributed by atoms with Gasteiger partial charge in [0.2, 0.25) is 0 Å². The van der Waals surface area contributed by atoms with Crippen molar-refractivity contribution in [1.29, 1.82) is 0 Å². The highest BCUT2D eigenvalue weighted by Gasteiger charge is 2.14. The van der Waals surface area contributed by atoms with E-state index in [-0.39, 0.29) is 11.3 Å². The SMILES string of the molecule is COc1ccc(C=Nc2c(C)n(C)n(-c3ccccc3)c2=O)cc1O. The Morgan fingerprint density at radius 1 is 1.16 bits per heavy atom. The number of aromatic nitrogens is 2. The summed E-state index contributed by atoms with van der Waals surface area (Å²) in [5.41, 5.74) is 2.37. The van der Waals surface area contributed by atoms with Crippen molar-refractivity contribution in [2.45, 2.75) is 6.92 Å². The number of phenolic OH excluding ortho intramolecular Hbond substituents is 1. The van der Waals surface area contributed by atoms with Crippen molar-refractivity contribution in [3.63, 3.8) is 0 Å². The molecular weight excluding hydrogens is 318 g/mol. The lowest BCUT2D eigenvalue weighted by Crippen LogP contribution is -2.19. The zero-order valence-corrected chi connectivity index (χ0v) is 14.3. The van der Waals surface area contributed by atoms with Crippen molar-refractivity contribution in [2.24, 2.45) is 12.0 Å². The minimum Gasteiger partial charge on any atom is -0.504 e. The van der Waals surface area contributed by atoms with Gasteiger partial charge in [0.05, 0.1) is 18.5 Å².